The van der Waals surface area contributed by atoms with Gasteiger partial charge in [0.05, 0.1) is 11.9 Å². The summed E-state index contributed by atoms with van der Waals surface area (Å²) in [5, 5.41) is 3.13. The standard InChI is InChI=1S/C28H39N3O4S/c1-5-23-11-7-10-14-26(23)31(36(4,34)35)20-27(32)30(19-22-17-15-21(3)16-18-22)25(6-2)28(33)29-24-12-8-9-13-24/h7,10-11,14-18,24-25H,5-6,8-9,12-13,19-20H2,1-4H3,(H,29,33)/t25-/m0/s1. The van der Waals surface area contributed by atoms with E-state index >= 15 is 0 Å². The minimum absolute atomic E-state index is 0.131. The average molecular weight is 514 g/mol. The molecule has 0 bridgehead atoms. The molecule has 0 saturated heterocycles. The lowest BCUT2D eigenvalue weighted by Gasteiger charge is -2.33. The van der Waals surface area contributed by atoms with Crippen LogP contribution in [0.2, 0.25) is 0 Å². The Hall–Kier alpha value is -2.87. The first kappa shape index (κ1) is 27.7. The molecule has 0 heterocycles. The Morgan fingerprint density at radius 3 is 2.25 bits per heavy atom. The van der Waals surface area contributed by atoms with Crippen LogP contribution in [0.1, 0.15) is 62.6 Å². The molecule has 0 radical (unpaired) electrons. The van der Waals surface area contributed by atoms with Crippen LogP contribution in [-0.2, 0) is 32.6 Å². The Balaban J connectivity index is 1.94. The van der Waals surface area contributed by atoms with Crippen molar-refractivity contribution in [3.8, 4) is 0 Å². The number of benzene rings is 2. The maximum Gasteiger partial charge on any atom is 0.244 e. The van der Waals surface area contributed by atoms with Crippen LogP contribution >= 0.6 is 0 Å². The molecule has 196 valence electrons. The number of aryl methyl sites for hydroxylation is 2. The summed E-state index contributed by atoms with van der Waals surface area (Å²) in [6.45, 7) is 5.68. The summed E-state index contributed by atoms with van der Waals surface area (Å²) in [7, 11) is -3.74. The molecule has 2 aromatic rings. The van der Waals surface area contributed by atoms with Gasteiger partial charge in [-0.2, -0.15) is 0 Å². The van der Waals surface area contributed by atoms with E-state index in [2.05, 4.69) is 5.32 Å². The van der Waals surface area contributed by atoms with Crippen LogP contribution in [-0.4, -0.2) is 50.0 Å². The zero-order valence-corrected chi connectivity index (χ0v) is 22.7. The fourth-order valence-electron chi connectivity index (χ4n) is 4.83. The van der Waals surface area contributed by atoms with Crippen molar-refractivity contribution in [3.05, 3.63) is 65.2 Å². The molecule has 7 nitrogen and oxygen atoms in total. The summed E-state index contributed by atoms with van der Waals surface area (Å²) in [6.07, 6.45) is 6.25. The number of anilines is 1. The molecular weight excluding hydrogens is 474 g/mol. The van der Waals surface area contributed by atoms with Gasteiger partial charge in [0.15, 0.2) is 0 Å². The molecule has 1 aliphatic carbocycles. The Kier molecular flexibility index (Phi) is 9.54. The molecule has 1 atom stereocenters. The van der Waals surface area contributed by atoms with Crippen LogP contribution in [0.15, 0.2) is 48.5 Å². The smallest absolute Gasteiger partial charge is 0.244 e. The number of carbonyl (C=O) groups excluding carboxylic acids is 2. The normalized spacial score (nSPS) is 14.9. The monoisotopic (exact) mass is 513 g/mol. The second kappa shape index (κ2) is 12.4. The van der Waals surface area contributed by atoms with Crippen LogP contribution in [0.3, 0.4) is 0 Å². The van der Waals surface area contributed by atoms with Crippen molar-refractivity contribution in [3.63, 3.8) is 0 Å². The number of carbonyl (C=O) groups is 2. The second-order valence-electron chi connectivity index (χ2n) is 9.67. The summed E-state index contributed by atoms with van der Waals surface area (Å²) >= 11 is 0. The van der Waals surface area contributed by atoms with Crippen LogP contribution in [0.25, 0.3) is 0 Å². The molecule has 3 rings (SSSR count). The lowest BCUT2D eigenvalue weighted by Crippen LogP contribution is -2.53. The van der Waals surface area contributed by atoms with E-state index in [1.807, 2.05) is 57.2 Å². The molecular formula is C28H39N3O4S. The predicted octanol–water partition coefficient (Wildman–Crippen LogP) is 4.19. The van der Waals surface area contributed by atoms with Crippen LogP contribution in [0, 0.1) is 6.92 Å². The van der Waals surface area contributed by atoms with Crippen molar-refractivity contribution in [1.29, 1.82) is 0 Å². The molecule has 0 aromatic heterocycles. The van der Waals surface area contributed by atoms with E-state index in [1.165, 1.54) is 0 Å². The predicted molar refractivity (Wildman–Crippen MR) is 144 cm³/mol. The largest absolute Gasteiger partial charge is 0.352 e. The summed E-state index contributed by atoms with van der Waals surface area (Å²) < 4.78 is 26.8. The van der Waals surface area contributed by atoms with Gasteiger partial charge in [0, 0.05) is 12.6 Å². The van der Waals surface area contributed by atoms with Gasteiger partial charge < -0.3 is 10.2 Å². The minimum Gasteiger partial charge on any atom is -0.352 e. The number of nitrogens with zero attached hydrogens (tertiary/aromatic N) is 2. The Morgan fingerprint density at radius 2 is 1.67 bits per heavy atom. The van der Waals surface area contributed by atoms with Crippen molar-refractivity contribution in [1.82, 2.24) is 10.2 Å². The minimum atomic E-state index is -3.74. The van der Waals surface area contributed by atoms with E-state index in [0.29, 0.717) is 18.5 Å². The van der Waals surface area contributed by atoms with E-state index in [0.717, 1.165) is 52.9 Å². The Bertz CT molecular complexity index is 1140. The fraction of sp³-hybridized carbons (Fsp3) is 0.500. The maximum atomic E-state index is 13.8. The highest BCUT2D eigenvalue weighted by atomic mass is 32.2. The van der Waals surface area contributed by atoms with Gasteiger partial charge in [-0.15, -0.1) is 0 Å². The van der Waals surface area contributed by atoms with Crippen molar-refractivity contribution in [2.75, 3.05) is 17.1 Å². The third kappa shape index (κ3) is 7.09. The number of hydrogen-bond donors (Lipinski definition) is 1. The van der Waals surface area contributed by atoms with Crippen LogP contribution in [0.5, 0.6) is 0 Å². The van der Waals surface area contributed by atoms with Crippen molar-refractivity contribution < 1.29 is 18.0 Å². The fourth-order valence-corrected chi connectivity index (χ4v) is 5.71. The van der Waals surface area contributed by atoms with E-state index in [9.17, 15) is 18.0 Å². The lowest BCUT2D eigenvalue weighted by molar-refractivity contribution is -0.140. The number of amides is 2. The van der Waals surface area contributed by atoms with E-state index < -0.39 is 22.0 Å². The van der Waals surface area contributed by atoms with Gasteiger partial charge >= 0.3 is 0 Å². The zero-order chi connectivity index (χ0) is 26.3. The summed E-state index contributed by atoms with van der Waals surface area (Å²) in [6, 6.07) is 14.5. The first-order valence-corrected chi connectivity index (χ1v) is 14.7. The number of para-hydroxylation sites is 1. The van der Waals surface area contributed by atoms with Gasteiger partial charge in [-0.1, -0.05) is 74.7 Å². The Labute approximate surface area is 215 Å². The van der Waals surface area contributed by atoms with E-state index in [4.69, 9.17) is 0 Å². The molecule has 36 heavy (non-hydrogen) atoms. The van der Waals surface area contributed by atoms with Crippen molar-refractivity contribution >= 4 is 27.5 Å². The zero-order valence-electron chi connectivity index (χ0n) is 21.9. The quantitative estimate of drug-likeness (QED) is 0.488. The molecule has 0 spiro atoms. The van der Waals surface area contributed by atoms with Crippen LogP contribution < -0.4 is 9.62 Å². The molecule has 1 saturated carbocycles. The first-order valence-electron chi connectivity index (χ1n) is 12.8. The number of hydrogen-bond acceptors (Lipinski definition) is 4. The van der Waals surface area contributed by atoms with E-state index in [-0.39, 0.29) is 25.0 Å². The number of sulfonamides is 1. The van der Waals surface area contributed by atoms with Gasteiger partial charge in [-0.05, 0) is 49.8 Å². The molecule has 8 heteroatoms. The van der Waals surface area contributed by atoms with Gasteiger partial charge in [0.25, 0.3) is 0 Å². The highest BCUT2D eigenvalue weighted by molar-refractivity contribution is 7.92. The molecule has 2 aromatic carbocycles. The molecule has 0 unspecified atom stereocenters. The van der Waals surface area contributed by atoms with E-state index in [1.54, 1.807) is 17.0 Å². The second-order valence-corrected chi connectivity index (χ2v) is 11.6. The molecule has 1 N–H and O–H groups in total. The number of nitrogens with one attached hydrogen (secondary N) is 1. The SMILES string of the molecule is CCc1ccccc1N(CC(=O)N(Cc1ccc(C)cc1)[C@@H](CC)C(=O)NC1CCCC1)S(C)(=O)=O. The summed E-state index contributed by atoms with van der Waals surface area (Å²) in [4.78, 5) is 28.7. The molecule has 1 fully saturated rings. The molecule has 1 aliphatic rings. The van der Waals surface area contributed by atoms with Gasteiger partial charge in [0.2, 0.25) is 21.8 Å². The average Bonchev–Trinajstić information content (AvgIpc) is 3.35. The molecule has 2 amide bonds. The summed E-state index contributed by atoms with van der Waals surface area (Å²) in [5.74, 6) is -0.579. The highest BCUT2D eigenvalue weighted by Crippen LogP contribution is 2.25. The maximum absolute atomic E-state index is 13.8. The lowest BCUT2D eigenvalue weighted by atomic mass is 10.1. The van der Waals surface area contributed by atoms with Gasteiger partial charge in [0.1, 0.15) is 12.6 Å². The Morgan fingerprint density at radius 1 is 1.03 bits per heavy atom. The van der Waals surface area contributed by atoms with Gasteiger partial charge in [-0.3, -0.25) is 13.9 Å². The molecule has 0 aliphatic heterocycles. The number of rotatable bonds is 11. The van der Waals surface area contributed by atoms with Crippen molar-refractivity contribution in [2.24, 2.45) is 0 Å². The van der Waals surface area contributed by atoms with Gasteiger partial charge in [-0.25, -0.2) is 8.42 Å². The first-order chi connectivity index (χ1) is 17.1. The third-order valence-corrected chi connectivity index (χ3v) is 8.01. The van der Waals surface area contributed by atoms with Crippen molar-refractivity contribution in [2.45, 2.75) is 77.9 Å². The third-order valence-electron chi connectivity index (χ3n) is 6.88. The highest BCUT2D eigenvalue weighted by Gasteiger charge is 2.33. The topological polar surface area (TPSA) is 86.8 Å². The summed E-state index contributed by atoms with van der Waals surface area (Å²) in [5.41, 5.74) is 3.32. The van der Waals surface area contributed by atoms with Crippen LogP contribution in [0.4, 0.5) is 5.69 Å².